The van der Waals surface area contributed by atoms with Crippen molar-refractivity contribution in [2.24, 2.45) is 11.8 Å². The molecule has 1 saturated heterocycles. The minimum absolute atomic E-state index is 0.0621. The van der Waals surface area contributed by atoms with E-state index in [1.807, 2.05) is 0 Å². The van der Waals surface area contributed by atoms with Crippen molar-refractivity contribution in [3.63, 3.8) is 0 Å². The van der Waals surface area contributed by atoms with Gasteiger partial charge in [-0.05, 0) is 24.7 Å². The van der Waals surface area contributed by atoms with Gasteiger partial charge in [0.15, 0.2) is 0 Å². The number of rotatable bonds is 4. The van der Waals surface area contributed by atoms with Crippen molar-refractivity contribution in [2.75, 3.05) is 26.9 Å². The van der Waals surface area contributed by atoms with E-state index >= 15 is 0 Å². The van der Waals surface area contributed by atoms with Crippen LogP contribution >= 0.6 is 0 Å². The maximum absolute atomic E-state index is 5.62. The zero-order chi connectivity index (χ0) is 11.0. The van der Waals surface area contributed by atoms with Crippen molar-refractivity contribution in [3.8, 4) is 0 Å². The highest BCUT2D eigenvalue weighted by Gasteiger charge is 2.43. The molecule has 3 nitrogen and oxygen atoms in total. The summed E-state index contributed by atoms with van der Waals surface area (Å²) in [5, 5.41) is 3.67. The number of fused-ring (bicyclic) bond motifs is 1. The van der Waals surface area contributed by atoms with Crippen LogP contribution in [0.4, 0.5) is 0 Å². The van der Waals surface area contributed by atoms with E-state index in [2.05, 4.69) is 17.5 Å². The van der Waals surface area contributed by atoms with E-state index in [0.717, 1.165) is 38.0 Å². The Morgan fingerprint density at radius 1 is 1.56 bits per heavy atom. The molecule has 16 heavy (non-hydrogen) atoms. The highest BCUT2D eigenvalue weighted by atomic mass is 16.5. The summed E-state index contributed by atoms with van der Waals surface area (Å²) in [5.41, 5.74) is -0.0621. The van der Waals surface area contributed by atoms with Gasteiger partial charge in [-0.3, -0.25) is 0 Å². The fraction of sp³-hybridized carbons (Fsp3) is 0.846. The van der Waals surface area contributed by atoms with Crippen molar-refractivity contribution in [3.05, 3.63) is 12.2 Å². The molecule has 2 aliphatic carbocycles. The first kappa shape index (κ1) is 10.8. The number of ether oxygens (including phenoxy) is 2. The van der Waals surface area contributed by atoms with Gasteiger partial charge in [-0.25, -0.2) is 0 Å². The summed E-state index contributed by atoms with van der Waals surface area (Å²) in [6, 6.07) is 0.677. The van der Waals surface area contributed by atoms with Crippen LogP contribution in [0.3, 0.4) is 0 Å². The van der Waals surface area contributed by atoms with Crippen molar-refractivity contribution in [1.29, 1.82) is 0 Å². The molecular weight excluding hydrogens is 202 g/mol. The number of hydrogen-bond donors (Lipinski definition) is 1. The molecule has 1 N–H and O–H groups in total. The third kappa shape index (κ3) is 1.71. The molecule has 0 amide bonds. The van der Waals surface area contributed by atoms with Gasteiger partial charge in [0, 0.05) is 32.7 Å². The van der Waals surface area contributed by atoms with Crippen molar-refractivity contribution >= 4 is 0 Å². The Morgan fingerprint density at radius 2 is 2.50 bits per heavy atom. The molecular formula is C13H21NO2. The minimum atomic E-state index is -0.0621. The molecule has 3 rings (SSSR count). The van der Waals surface area contributed by atoms with Gasteiger partial charge in [-0.1, -0.05) is 12.2 Å². The molecule has 3 heteroatoms. The molecule has 0 radical (unpaired) electrons. The lowest BCUT2D eigenvalue weighted by Gasteiger charge is -2.42. The van der Waals surface area contributed by atoms with Crippen LogP contribution in [0, 0.1) is 11.8 Å². The number of hydrogen-bond acceptors (Lipinski definition) is 3. The highest BCUT2D eigenvalue weighted by molar-refractivity contribution is 5.13. The minimum Gasteiger partial charge on any atom is -0.378 e. The number of allylic oxidation sites excluding steroid dienone is 1. The Hall–Kier alpha value is -0.380. The number of methoxy groups -OCH3 is 1. The number of nitrogens with one attached hydrogen (secondary N) is 1. The second-order valence-corrected chi connectivity index (χ2v) is 5.41. The van der Waals surface area contributed by atoms with Gasteiger partial charge in [0.05, 0.1) is 6.61 Å². The Balaban J connectivity index is 1.51. The second kappa shape index (κ2) is 4.13. The SMILES string of the molecule is COC1(CNC2CC3CC=CC32)CCOC1. The third-order valence-electron chi connectivity index (χ3n) is 4.55. The van der Waals surface area contributed by atoms with Crippen LogP contribution in [0.15, 0.2) is 12.2 Å². The Labute approximate surface area is 97.2 Å². The normalized spacial score (nSPS) is 45.7. The summed E-state index contributed by atoms with van der Waals surface area (Å²) in [5.74, 6) is 1.71. The summed E-state index contributed by atoms with van der Waals surface area (Å²) >= 11 is 0. The predicted octanol–water partition coefficient (Wildman–Crippen LogP) is 1.35. The van der Waals surface area contributed by atoms with Gasteiger partial charge >= 0.3 is 0 Å². The lowest BCUT2D eigenvalue weighted by molar-refractivity contribution is -0.0227. The lowest BCUT2D eigenvalue weighted by atomic mass is 9.71. The Morgan fingerprint density at radius 3 is 3.19 bits per heavy atom. The van der Waals surface area contributed by atoms with E-state index in [0.29, 0.717) is 6.04 Å². The average Bonchev–Trinajstić information content (AvgIpc) is 2.87. The van der Waals surface area contributed by atoms with Gasteiger partial charge in [0.25, 0.3) is 0 Å². The topological polar surface area (TPSA) is 30.5 Å². The molecule has 1 heterocycles. The molecule has 0 aromatic rings. The van der Waals surface area contributed by atoms with Crippen molar-refractivity contribution in [2.45, 2.75) is 30.9 Å². The van der Waals surface area contributed by atoms with Gasteiger partial charge in [0.1, 0.15) is 5.60 Å². The van der Waals surface area contributed by atoms with Crippen LogP contribution in [0.5, 0.6) is 0 Å². The van der Waals surface area contributed by atoms with Crippen LogP contribution in [-0.2, 0) is 9.47 Å². The lowest BCUT2D eigenvalue weighted by Crippen LogP contribution is -2.53. The molecule has 0 aromatic carbocycles. The van der Waals surface area contributed by atoms with E-state index < -0.39 is 0 Å². The fourth-order valence-corrected chi connectivity index (χ4v) is 3.23. The standard InChI is InChI=1S/C13H21NO2/c1-15-13(5-6-16-9-13)8-14-12-7-10-3-2-4-11(10)12/h2,4,10-12,14H,3,5-9H2,1H3. The predicted molar refractivity (Wildman–Crippen MR) is 62.3 cm³/mol. The van der Waals surface area contributed by atoms with Crippen LogP contribution in [0.25, 0.3) is 0 Å². The average molecular weight is 223 g/mol. The van der Waals surface area contributed by atoms with Crippen LogP contribution in [0.1, 0.15) is 19.3 Å². The zero-order valence-corrected chi connectivity index (χ0v) is 9.95. The van der Waals surface area contributed by atoms with Crippen molar-refractivity contribution in [1.82, 2.24) is 5.32 Å². The molecule has 2 fully saturated rings. The maximum atomic E-state index is 5.62. The van der Waals surface area contributed by atoms with Crippen molar-refractivity contribution < 1.29 is 9.47 Å². The molecule has 0 aromatic heterocycles. The van der Waals surface area contributed by atoms with E-state index in [9.17, 15) is 0 Å². The molecule has 1 saturated carbocycles. The zero-order valence-electron chi connectivity index (χ0n) is 9.95. The molecule has 0 spiro atoms. The highest BCUT2D eigenvalue weighted by Crippen LogP contribution is 2.42. The molecule has 3 aliphatic rings. The van der Waals surface area contributed by atoms with E-state index in [1.54, 1.807) is 7.11 Å². The summed E-state index contributed by atoms with van der Waals surface area (Å²) in [6.07, 6.45) is 8.37. The second-order valence-electron chi connectivity index (χ2n) is 5.41. The van der Waals surface area contributed by atoms with Gasteiger partial charge in [-0.2, -0.15) is 0 Å². The maximum Gasteiger partial charge on any atom is 0.106 e. The largest absolute Gasteiger partial charge is 0.378 e. The summed E-state index contributed by atoms with van der Waals surface area (Å²) in [7, 11) is 1.80. The monoisotopic (exact) mass is 223 g/mol. The van der Waals surface area contributed by atoms with Crippen LogP contribution in [0.2, 0.25) is 0 Å². The first-order valence-corrected chi connectivity index (χ1v) is 6.36. The summed E-state index contributed by atoms with van der Waals surface area (Å²) < 4.78 is 11.1. The van der Waals surface area contributed by atoms with Gasteiger partial charge < -0.3 is 14.8 Å². The molecule has 4 unspecified atom stereocenters. The van der Waals surface area contributed by atoms with Gasteiger partial charge in [-0.15, -0.1) is 0 Å². The van der Waals surface area contributed by atoms with Crippen LogP contribution < -0.4 is 5.32 Å². The van der Waals surface area contributed by atoms with Gasteiger partial charge in [0.2, 0.25) is 0 Å². The Bertz CT molecular complexity index is 284. The smallest absolute Gasteiger partial charge is 0.106 e. The molecule has 90 valence electrons. The first-order valence-electron chi connectivity index (χ1n) is 6.36. The summed E-state index contributed by atoms with van der Waals surface area (Å²) in [4.78, 5) is 0. The van der Waals surface area contributed by atoms with E-state index in [4.69, 9.17) is 9.47 Å². The Kier molecular flexibility index (Phi) is 2.78. The molecule has 0 bridgehead atoms. The third-order valence-corrected chi connectivity index (χ3v) is 4.55. The first-order chi connectivity index (χ1) is 7.83. The fourth-order valence-electron chi connectivity index (χ4n) is 3.23. The van der Waals surface area contributed by atoms with E-state index in [-0.39, 0.29) is 5.60 Å². The van der Waals surface area contributed by atoms with Crippen LogP contribution in [-0.4, -0.2) is 38.5 Å². The summed E-state index contributed by atoms with van der Waals surface area (Å²) in [6.45, 7) is 2.52. The molecule has 1 aliphatic heterocycles. The molecule has 4 atom stereocenters. The van der Waals surface area contributed by atoms with E-state index in [1.165, 1.54) is 12.8 Å². The quantitative estimate of drug-likeness (QED) is 0.730.